The lowest BCUT2D eigenvalue weighted by Gasteiger charge is -2.37. The van der Waals surface area contributed by atoms with Crippen molar-refractivity contribution in [2.24, 2.45) is 11.3 Å². The molecule has 1 aliphatic rings. The Labute approximate surface area is 92.3 Å². The Kier molecular flexibility index (Phi) is 4.58. The van der Waals surface area contributed by atoms with Crippen molar-refractivity contribution < 1.29 is 9.90 Å². The van der Waals surface area contributed by atoms with Crippen LogP contribution in [-0.2, 0) is 4.79 Å². The fourth-order valence-corrected chi connectivity index (χ4v) is 2.41. The zero-order valence-corrected chi connectivity index (χ0v) is 9.88. The van der Waals surface area contributed by atoms with E-state index >= 15 is 0 Å². The summed E-state index contributed by atoms with van der Waals surface area (Å²) in [6, 6.07) is 0. The normalized spacial score (nSPS) is 18.9. The standard InChI is InChI=1S/C12H23NO2/c1-12(2,9-13-11(15)8-14)10-6-4-3-5-7-10/h10,14H,3-9H2,1-2H3,(H,13,15). The van der Waals surface area contributed by atoms with Crippen molar-refractivity contribution in [3.8, 4) is 0 Å². The summed E-state index contributed by atoms with van der Waals surface area (Å²) in [7, 11) is 0. The largest absolute Gasteiger partial charge is 0.387 e. The van der Waals surface area contributed by atoms with Crippen LogP contribution in [0.4, 0.5) is 0 Å². The third-order valence-corrected chi connectivity index (χ3v) is 3.60. The van der Waals surface area contributed by atoms with Gasteiger partial charge in [0, 0.05) is 6.54 Å². The predicted molar refractivity (Wildman–Crippen MR) is 60.5 cm³/mol. The predicted octanol–water partition coefficient (Wildman–Crippen LogP) is 1.70. The zero-order valence-electron chi connectivity index (χ0n) is 9.88. The highest BCUT2D eigenvalue weighted by Crippen LogP contribution is 2.37. The molecule has 1 amide bonds. The van der Waals surface area contributed by atoms with Gasteiger partial charge in [0.25, 0.3) is 0 Å². The number of hydrogen-bond acceptors (Lipinski definition) is 2. The third kappa shape index (κ3) is 3.82. The highest BCUT2D eigenvalue weighted by atomic mass is 16.3. The molecule has 0 saturated heterocycles. The number of rotatable bonds is 4. The zero-order chi connectivity index (χ0) is 11.3. The van der Waals surface area contributed by atoms with Crippen LogP contribution >= 0.6 is 0 Å². The number of carbonyl (C=O) groups excluding carboxylic acids is 1. The molecule has 0 aliphatic heterocycles. The van der Waals surface area contributed by atoms with Crippen molar-refractivity contribution >= 4 is 5.91 Å². The Bertz CT molecular complexity index is 208. The SMILES string of the molecule is CC(C)(CNC(=O)CO)C1CCCCC1. The van der Waals surface area contributed by atoms with Crippen molar-refractivity contribution in [2.45, 2.75) is 46.0 Å². The van der Waals surface area contributed by atoms with Crippen LogP contribution in [0.3, 0.4) is 0 Å². The molecule has 0 aromatic heterocycles. The van der Waals surface area contributed by atoms with Gasteiger partial charge in [-0.2, -0.15) is 0 Å². The van der Waals surface area contributed by atoms with E-state index in [1.165, 1.54) is 32.1 Å². The third-order valence-electron chi connectivity index (χ3n) is 3.60. The van der Waals surface area contributed by atoms with Gasteiger partial charge in [0.15, 0.2) is 0 Å². The van der Waals surface area contributed by atoms with Crippen LogP contribution in [0.2, 0.25) is 0 Å². The summed E-state index contributed by atoms with van der Waals surface area (Å²) in [5.41, 5.74) is 0.158. The van der Waals surface area contributed by atoms with E-state index in [0.717, 1.165) is 0 Å². The lowest BCUT2D eigenvalue weighted by Crippen LogP contribution is -2.40. The molecule has 1 rings (SSSR count). The second-order valence-corrected chi connectivity index (χ2v) is 5.26. The van der Waals surface area contributed by atoms with E-state index in [-0.39, 0.29) is 11.3 Å². The molecule has 1 fully saturated rings. The Morgan fingerprint density at radius 1 is 1.33 bits per heavy atom. The number of aliphatic hydroxyl groups is 1. The van der Waals surface area contributed by atoms with E-state index in [9.17, 15) is 4.79 Å². The first-order chi connectivity index (χ1) is 7.06. The Morgan fingerprint density at radius 2 is 1.93 bits per heavy atom. The van der Waals surface area contributed by atoms with Crippen LogP contribution in [-0.4, -0.2) is 24.2 Å². The van der Waals surface area contributed by atoms with Crippen LogP contribution in [0.1, 0.15) is 46.0 Å². The maximum Gasteiger partial charge on any atom is 0.245 e. The van der Waals surface area contributed by atoms with Gasteiger partial charge in [-0.3, -0.25) is 4.79 Å². The van der Waals surface area contributed by atoms with Gasteiger partial charge in [-0.05, 0) is 24.2 Å². The van der Waals surface area contributed by atoms with Crippen molar-refractivity contribution in [3.63, 3.8) is 0 Å². The van der Waals surface area contributed by atoms with Crippen molar-refractivity contribution in [2.75, 3.05) is 13.2 Å². The first kappa shape index (κ1) is 12.5. The number of nitrogens with one attached hydrogen (secondary N) is 1. The van der Waals surface area contributed by atoms with Crippen LogP contribution in [0.15, 0.2) is 0 Å². The topological polar surface area (TPSA) is 49.3 Å². The van der Waals surface area contributed by atoms with Crippen molar-refractivity contribution in [1.29, 1.82) is 0 Å². The van der Waals surface area contributed by atoms with Gasteiger partial charge >= 0.3 is 0 Å². The van der Waals surface area contributed by atoms with Crippen molar-refractivity contribution in [3.05, 3.63) is 0 Å². The van der Waals surface area contributed by atoms with Gasteiger partial charge in [-0.1, -0.05) is 33.1 Å². The summed E-state index contributed by atoms with van der Waals surface area (Å²) >= 11 is 0. The van der Waals surface area contributed by atoms with Gasteiger partial charge in [0.05, 0.1) is 0 Å². The fraction of sp³-hybridized carbons (Fsp3) is 0.917. The first-order valence-electron chi connectivity index (χ1n) is 5.94. The molecule has 0 spiro atoms. The molecular formula is C12H23NO2. The molecule has 15 heavy (non-hydrogen) atoms. The summed E-state index contributed by atoms with van der Waals surface area (Å²) in [5.74, 6) is 0.448. The molecule has 0 radical (unpaired) electrons. The van der Waals surface area contributed by atoms with Crippen LogP contribution in [0.5, 0.6) is 0 Å². The van der Waals surface area contributed by atoms with E-state index in [0.29, 0.717) is 12.5 Å². The molecule has 1 saturated carbocycles. The highest BCUT2D eigenvalue weighted by molar-refractivity contribution is 5.76. The minimum absolute atomic E-state index is 0.158. The van der Waals surface area contributed by atoms with Crippen LogP contribution < -0.4 is 5.32 Å². The molecule has 0 heterocycles. The quantitative estimate of drug-likeness (QED) is 0.746. The van der Waals surface area contributed by atoms with E-state index in [2.05, 4.69) is 19.2 Å². The molecular weight excluding hydrogens is 190 g/mol. The van der Waals surface area contributed by atoms with E-state index in [1.807, 2.05) is 0 Å². The average molecular weight is 213 g/mol. The summed E-state index contributed by atoms with van der Waals surface area (Å²) < 4.78 is 0. The average Bonchev–Trinajstić information content (AvgIpc) is 2.27. The second-order valence-electron chi connectivity index (χ2n) is 5.26. The molecule has 0 unspecified atom stereocenters. The van der Waals surface area contributed by atoms with Gasteiger partial charge in [-0.25, -0.2) is 0 Å². The van der Waals surface area contributed by atoms with Gasteiger partial charge in [0.2, 0.25) is 5.91 Å². The smallest absolute Gasteiger partial charge is 0.245 e. The van der Waals surface area contributed by atoms with Crippen LogP contribution in [0.25, 0.3) is 0 Å². The number of amides is 1. The van der Waals surface area contributed by atoms with Gasteiger partial charge in [0.1, 0.15) is 6.61 Å². The Morgan fingerprint density at radius 3 is 2.47 bits per heavy atom. The molecule has 1 aliphatic carbocycles. The highest BCUT2D eigenvalue weighted by Gasteiger charge is 2.30. The molecule has 2 N–H and O–H groups in total. The Balaban J connectivity index is 2.38. The monoisotopic (exact) mass is 213 g/mol. The van der Waals surface area contributed by atoms with Gasteiger partial charge in [-0.15, -0.1) is 0 Å². The fourth-order valence-electron chi connectivity index (χ4n) is 2.41. The molecule has 0 atom stereocenters. The number of carbonyl (C=O) groups is 1. The van der Waals surface area contributed by atoms with E-state index < -0.39 is 6.61 Å². The minimum atomic E-state index is -0.402. The lowest BCUT2D eigenvalue weighted by atomic mass is 9.71. The maximum atomic E-state index is 11.0. The molecule has 88 valence electrons. The van der Waals surface area contributed by atoms with Gasteiger partial charge < -0.3 is 10.4 Å². The summed E-state index contributed by atoms with van der Waals surface area (Å²) in [4.78, 5) is 11.0. The number of hydrogen-bond donors (Lipinski definition) is 2. The second kappa shape index (κ2) is 5.50. The molecule has 3 nitrogen and oxygen atoms in total. The Hall–Kier alpha value is -0.570. The first-order valence-corrected chi connectivity index (χ1v) is 5.94. The van der Waals surface area contributed by atoms with Crippen LogP contribution in [0, 0.1) is 11.3 Å². The molecule has 0 bridgehead atoms. The summed E-state index contributed by atoms with van der Waals surface area (Å²) in [5, 5.41) is 11.4. The minimum Gasteiger partial charge on any atom is -0.387 e. The van der Waals surface area contributed by atoms with Crippen molar-refractivity contribution in [1.82, 2.24) is 5.32 Å². The molecule has 0 aromatic carbocycles. The lowest BCUT2D eigenvalue weighted by molar-refractivity contribution is -0.124. The summed E-state index contributed by atoms with van der Waals surface area (Å²) in [6.45, 7) is 4.69. The van der Waals surface area contributed by atoms with E-state index in [1.54, 1.807) is 0 Å². The van der Waals surface area contributed by atoms with E-state index in [4.69, 9.17) is 5.11 Å². The maximum absolute atomic E-state index is 11.0. The number of aliphatic hydroxyl groups excluding tert-OH is 1. The summed E-state index contributed by atoms with van der Waals surface area (Å²) in [6.07, 6.45) is 6.56. The molecule has 0 aromatic rings. The molecule has 3 heteroatoms.